The lowest BCUT2D eigenvalue weighted by Gasteiger charge is -2.12. The first kappa shape index (κ1) is 22.5. The van der Waals surface area contributed by atoms with Gasteiger partial charge in [-0.25, -0.2) is 4.68 Å². The number of hydrogen-bond donors (Lipinski definition) is 2. The van der Waals surface area contributed by atoms with E-state index in [4.69, 9.17) is 19.9 Å². The molecule has 3 aromatic rings. The van der Waals surface area contributed by atoms with Crippen molar-refractivity contribution in [2.24, 2.45) is 5.73 Å². The summed E-state index contributed by atoms with van der Waals surface area (Å²) in [4.78, 5) is 23.7. The van der Waals surface area contributed by atoms with E-state index in [-0.39, 0.29) is 19.1 Å². The molecule has 0 aliphatic rings. The first-order valence-electron chi connectivity index (χ1n) is 9.78. The molecule has 0 radical (unpaired) electrons. The maximum atomic E-state index is 12.8. The summed E-state index contributed by atoms with van der Waals surface area (Å²) in [6, 6.07) is 8.52. The third kappa shape index (κ3) is 5.12. The zero-order chi connectivity index (χ0) is 23.1. The van der Waals surface area contributed by atoms with E-state index in [9.17, 15) is 9.59 Å². The minimum absolute atomic E-state index is 0.252. The minimum atomic E-state index is -0.587. The summed E-state index contributed by atoms with van der Waals surface area (Å²) in [5.74, 6) is 0.824. The van der Waals surface area contributed by atoms with Crippen LogP contribution in [0.5, 0.6) is 17.4 Å². The molecule has 0 atom stereocenters. The monoisotopic (exact) mass is 440 g/mol. The average Bonchev–Trinajstić information content (AvgIpc) is 3.25. The number of amides is 2. The van der Waals surface area contributed by atoms with Gasteiger partial charge in [-0.3, -0.25) is 9.59 Å². The van der Waals surface area contributed by atoms with E-state index in [0.29, 0.717) is 40.9 Å². The van der Waals surface area contributed by atoms with Crippen LogP contribution in [0.25, 0.3) is 5.82 Å². The van der Waals surface area contributed by atoms with Gasteiger partial charge in [0.25, 0.3) is 11.8 Å². The van der Waals surface area contributed by atoms with Crippen LogP contribution in [0.1, 0.15) is 28.5 Å². The number of nitrogens with two attached hydrogens (primary N) is 1. The quantitative estimate of drug-likeness (QED) is 0.476. The average molecular weight is 440 g/mol. The predicted octanol–water partition coefficient (Wildman–Crippen LogP) is 1.04. The van der Waals surface area contributed by atoms with Gasteiger partial charge < -0.3 is 25.3 Å². The van der Waals surface area contributed by atoms with E-state index < -0.39 is 5.91 Å². The van der Waals surface area contributed by atoms with Crippen LogP contribution in [0, 0.1) is 0 Å². The standard InChI is InChI=1S/C21H24N6O5/c1-4-15-14(11-24-27(15)19-7-8-20(31-3)26-25-19)21(29)23-10-13-5-6-16(17(9-13)30-2)32-12-18(22)28/h5-9,11H,4,10,12H2,1-3H3,(H2,22,28)(H,23,29). The van der Waals surface area contributed by atoms with Gasteiger partial charge in [0.2, 0.25) is 5.88 Å². The zero-order valence-corrected chi connectivity index (χ0v) is 18.0. The molecule has 0 aliphatic carbocycles. The van der Waals surface area contributed by atoms with E-state index in [0.717, 1.165) is 5.56 Å². The number of carbonyl (C=O) groups is 2. The Hall–Kier alpha value is -4.15. The van der Waals surface area contributed by atoms with Crippen LogP contribution >= 0.6 is 0 Å². The Morgan fingerprint density at radius 1 is 1.09 bits per heavy atom. The van der Waals surface area contributed by atoms with Crippen molar-refractivity contribution < 1.29 is 23.8 Å². The number of aromatic nitrogens is 4. The van der Waals surface area contributed by atoms with Crippen LogP contribution in [0.2, 0.25) is 0 Å². The van der Waals surface area contributed by atoms with Gasteiger partial charge in [-0.05, 0) is 30.2 Å². The Bertz CT molecular complexity index is 1100. The van der Waals surface area contributed by atoms with E-state index in [1.54, 1.807) is 35.0 Å². The van der Waals surface area contributed by atoms with Crippen LogP contribution in [0.3, 0.4) is 0 Å². The number of primary amides is 1. The van der Waals surface area contributed by atoms with E-state index in [1.165, 1.54) is 20.4 Å². The highest BCUT2D eigenvalue weighted by molar-refractivity contribution is 5.95. The molecule has 11 heteroatoms. The van der Waals surface area contributed by atoms with Crippen molar-refractivity contribution in [3.8, 4) is 23.2 Å². The topological polar surface area (TPSA) is 143 Å². The Morgan fingerprint density at radius 3 is 2.53 bits per heavy atom. The molecule has 3 N–H and O–H groups in total. The number of benzene rings is 1. The molecule has 0 fully saturated rings. The molecule has 0 bridgehead atoms. The third-order valence-corrected chi connectivity index (χ3v) is 4.55. The summed E-state index contributed by atoms with van der Waals surface area (Å²) >= 11 is 0. The molecule has 0 saturated heterocycles. The number of nitrogens with one attached hydrogen (secondary N) is 1. The molecule has 168 valence electrons. The fourth-order valence-electron chi connectivity index (χ4n) is 3.00. The summed E-state index contributed by atoms with van der Waals surface area (Å²) < 4.78 is 17.2. The lowest BCUT2D eigenvalue weighted by molar-refractivity contribution is -0.119. The van der Waals surface area contributed by atoms with Gasteiger partial charge in [0.15, 0.2) is 23.9 Å². The van der Waals surface area contributed by atoms with Crippen molar-refractivity contribution in [3.63, 3.8) is 0 Å². The number of carbonyl (C=O) groups excluding carboxylic acids is 2. The minimum Gasteiger partial charge on any atom is -0.493 e. The number of nitrogens with zero attached hydrogens (tertiary/aromatic N) is 4. The fraction of sp³-hybridized carbons (Fsp3) is 0.286. The lowest BCUT2D eigenvalue weighted by atomic mass is 10.1. The van der Waals surface area contributed by atoms with Gasteiger partial charge >= 0.3 is 0 Å². The van der Waals surface area contributed by atoms with Crippen molar-refractivity contribution in [2.75, 3.05) is 20.8 Å². The van der Waals surface area contributed by atoms with Crippen LogP contribution in [-0.2, 0) is 17.8 Å². The van der Waals surface area contributed by atoms with Crippen LogP contribution < -0.4 is 25.3 Å². The molecule has 32 heavy (non-hydrogen) atoms. The number of rotatable bonds is 10. The number of hydrogen-bond acceptors (Lipinski definition) is 8. The van der Waals surface area contributed by atoms with Gasteiger partial charge in [0, 0.05) is 12.6 Å². The first-order chi connectivity index (χ1) is 15.5. The Morgan fingerprint density at radius 2 is 1.91 bits per heavy atom. The van der Waals surface area contributed by atoms with Crippen molar-refractivity contribution in [3.05, 3.63) is 53.3 Å². The smallest absolute Gasteiger partial charge is 0.255 e. The lowest BCUT2D eigenvalue weighted by Crippen LogP contribution is -2.24. The van der Waals surface area contributed by atoms with Crippen LogP contribution in [-0.4, -0.2) is 52.6 Å². The summed E-state index contributed by atoms with van der Waals surface area (Å²) in [5, 5.41) is 15.2. The highest BCUT2D eigenvalue weighted by Crippen LogP contribution is 2.28. The second kappa shape index (κ2) is 10.2. The normalized spacial score (nSPS) is 10.5. The highest BCUT2D eigenvalue weighted by atomic mass is 16.5. The van der Waals surface area contributed by atoms with Gasteiger partial charge in [-0.1, -0.05) is 13.0 Å². The second-order valence-corrected chi connectivity index (χ2v) is 6.63. The molecule has 1 aromatic carbocycles. The van der Waals surface area contributed by atoms with E-state index >= 15 is 0 Å². The van der Waals surface area contributed by atoms with Gasteiger partial charge in [0.05, 0.1) is 31.7 Å². The van der Waals surface area contributed by atoms with Gasteiger partial charge in [-0.2, -0.15) is 5.10 Å². The van der Waals surface area contributed by atoms with Crippen molar-refractivity contribution in [2.45, 2.75) is 19.9 Å². The zero-order valence-electron chi connectivity index (χ0n) is 18.0. The highest BCUT2D eigenvalue weighted by Gasteiger charge is 2.18. The van der Waals surface area contributed by atoms with Crippen LogP contribution in [0.4, 0.5) is 0 Å². The first-order valence-corrected chi connectivity index (χ1v) is 9.78. The maximum absolute atomic E-state index is 12.8. The Kier molecular flexibility index (Phi) is 7.21. The summed E-state index contributed by atoms with van der Waals surface area (Å²) in [6.07, 6.45) is 2.07. The molecule has 0 spiro atoms. The Balaban J connectivity index is 1.72. The second-order valence-electron chi connectivity index (χ2n) is 6.63. The largest absolute Gasteiger partial charge is 0.493 e. The molecule has 11 nitrogen and oxygen atoms in total. The third-order valence-electron chi connectivity index (χ3n) is 4.55. The van der Waals surface area contributed by atoms with Gasteiger partial charge in [-0.15, -0.1) is 10.2 Å². The van der Waals surface area contributed by atoms with Crippen molar-refractivity contribution in [1.29, 1.82) is 0 Å². The SMILES string of the molecule is CCc1c(C(=O)NCc2ccc(OCC(N)=O)c(OC)c2)cnn1-c1ccc(OC)nn1. The molecular weight excluding hydrogens is 416 g/mol. The predicted molar refractivity (Wildman–Crippen MR) is 114 cm³/mol. The maximum Gasteiger partial charge on any atom is 0.255 e. The fourth-order valence-corrected chi connectivity index (χ4v) is 3.00. The molecule has 2 amide bonds. The number of methoxy groups -OCH3 is 2. The summed E-state index contributed by atoms with van der Waals surface area (Å²) in [6.45, 7) is 1.92. The molecule has 0 unspecified atom stereocenters. The Labute approximate surface area is 184 Å². The molecule has 0 aliphatic heterocycles. The van der Waals surface area contributed by atoms with Crippen LogP contribution in [0.15, 0.2) is 36.5 Å². The number of ether oxygens (including phenoxy) is 3. The summed E-state index contributed by atoms with van der Waals surface area (Å²) in [5.41, 5.74) is 7.03. The van der Waals surface area contributed by atoms with Crippen molar-refractivity contribution >= 4 is 11.8 Å². The molecule has 2 aromatic heterocycles. The molecular formula is C21H24N6O5. The summed E-state index contributed by atoms with van der Waals surface area (Å²) in [7, 11) is 2.99. The van der Waals surface area contributed by atoms with Crippen molar-refractivity contribution in [1.82, 2.24) is 25.3 Å². The van der Waals surface area contributed by atoms with E-state index in [2.05, 4.69) is 20.6 Å². The molecule has 3 rings (SSSR count). The van der Waals surface area contributed by atoms with Gasteiger partial charge in [0.1, 0.15) is 0 Å². The molecule has 2 heterocycles. The molecule has 0 saturated carbocycles. The van der Waals surface area contributed by atoms with E-state index in [1.807, 2.05) is 6.92 Å².